The fourth-order valence-corrected chi connectivity index (χ4v) is 6.88. The molecule has 0 fully saturated rings. The molecule has 0 atom stereocenters. The second-order valence-corrected chi connectivity index (χ2v) is 18.0. The van der Waals surface area contributed by atoms with Crippen LogP contribution >= 0.6 is 0 Å². The van der Waals surface area contributed by atoms with Crippen molar-refractivity contribution in [1.29, 1.82) is 0 Å². The summed E-state index contributed by atoms with van der Waals surface area (Å²) in [6, 6.07) is 56.6. The Labute approximate surface area is 321 Å². The van der Waals surface area contributed by atoms with Gasteiger partial charge in [-0.3, -0.25) is 4.55 Å². The topological polar surface area (TPSA) is 60.9 Å². The summed E-state index contributed by atoms with van der Waals surface area (Å²) in [5.41, 5.74) is 3.72. The van der Waals surface area contributed by atoms with Crippen molar-refractivity contribution >= 4 is 78.2 Å². The molecule has 6 aromatic rings. The molecule has 0 radical (unpaired) electrons. The van der Waals surface area contributed by atoms with Gasteiger partial charge in [0.2, 0.25) is 0 Å². The van der Waals surface area contributed by atoms with Crippen LogP contribution in [0.2, 0.25) is 0 Å². The zero-order valence-corrected chi connectivity index (χ0v) is 32.6. The molecular formula is C43H41F3N2O3S3+2. The minimum Gasteiger partial charge on any atom is -0.310 e. The van der Waals surface area contributed by atoms with Crippen molar-refractivity contribution in [1.82, 2.24) is 0 Å². The number of nitrogens with zero attached hydrogens (tertiary/aromatic N) is 2. The normalized spacial score (nSPS) is 11.7. The molecule has 0 heterocycles. The Balaban J connectivity index is 0.000000631. The van der Waals surface area contributed by atoms with Crippen LogP contribution in [0.3, 0.4) is 0 Å². The van der Waals surface area contributed by atoms with E-state index in [0.717, 1.165) is 33.9 Å². The zero-order valence-electron chi connectivity index (χ0n) is 30.2. The quantitative estimate of drug-likeness (QED) is 0.0648. The van der Waals surface area contributed by atoms with Crippen LogP contribution in [0.5, 0.6) is 0 Å². The standard InChI is InChI=1S/C42H40N2S2.CHF3O3S/c1-45(2)41-19-11-17-39(31-41)43(35-13-7-5-8-14-35)37-27-23-33(24-28-37)21-22-34-25-29-38(30-26-34)44(36-15-9-6-10-16-36)40-18-12-20-42(32-40)46(3)4;2-1(3,4)8(5,6)7/h5-32H,1-4H3;(H,5,6,7)/q+2;. The minimum absolute atomic E-state index is 0.192. The molecule has 0 aromatic heterocycles. The van der Waals surface area contributed by atoms with Crippen molar-refractivity contribution < 1.29 is 26.1 Å². The first-order valence-electron chi connectivity index (χ1n) is 16.7. The molecule has 0 bridgehead atoms. The molecule has 0 amide bonds. The summed E-state index contributed by atoms with van der Waals surface area (Å²) in [5.74, 6) is 0. The maximum atomic E-state index is 10.7. The molecular weight excluding hydrogens is 746 g/mol. The zero-order chi connectivity index (χ0) is 38.9. The van der Waals surface area contributed by atoms with Gasteiger partial charge in [-0.1, -0.05) is 84.9 Å². The van der Waals surface area contributed by atoms with Gasteiger partial charge in [0, 0.05) is 56.7 Å². The fraction of sp³-hybridized carbons (Fsp3) is 0.116. The number of rotatable bonds is 10. The molecule has 0 saturated heterocycles. The third-order valence-electron chi connectivity index (χ3n) is 8.19. The van der Waals surface area contributed by atoms with Gasteiger partial charge in [0.15, 0.2) is 9.79 Å². The highest BCUT2D eigenvalue weighted by atomic mass is 32.2. The molecule has 0 unspecified atom stereocenters. The SMILES string of the molecule is C[S+](C)c1cccc(N(c2ccccc2)c2ccc(C=Cc3ccc(N(c4ccccc4)c4cccc([S+](C)C)c4)cc3)cc2)c1.O=S(=O)(O)C(F)(F)F. The van der Waals surface area contributed by atoms with Crippen LogP contribution in [0.4, 0.5) is 47.3 Å². The molecule has 1 N–H and O–H groups in total. The monoisotopic (exact) mass is 786 g/mol. The Hall–Kier alpha value is -4.94. The number of hydrogen-bond donors (Lipinski definition) is 1. The summed E-state index contributed by atoms with van der Waals surface area (Å²) in [7, 11) is -5.46. The average molecular weight is 787 g/mol. The second kappa shape index (κ2) is 17.9. The van der Waals surface area contributed by atoms with Crippen molar-refractivity contribution in [3.8, 4) is 0 Å². The van der Waals surface area contributed by atoms with E-state index < -0.39 is 15.6 Å². The van der Waals surface area contributed by atoms with E-state index in [-0.39, 0.29) is 21.8 Å². The molecule has 11 heteroatoms. The Bertz CT molecular complexity index is 2110. The summed E-state index contributed by atoms with van der Waals surface area (Å²) in [6.45, 7) is 0. The summed E-state index contributed by atoms with van der Waals surface area (Å²) >= 11 is 0. The van der Waals surface area contributed by atoms with E-state index in [4.69, 9.17) is 13.0 Å². The van der Waals surface area contributed by atoms with Crippen LogP contribution < -0.4 is 9.80 Å². The number of alkyl halides is 3. The van der Waals surface area contributed by atoms with E-state index in [2.05, 4.69) is 205 Å². The van der Waals surface area contributed by atoms with Crippen LogP contribution in [0.1, 0.15) is 11.1 Å². The highest BCUT2D eigenvalue weighted by molar-refractivity contribution is 7.95. The Morgan fingerprint density at radius 2 is 0.778 bits per heavy atom. The lowest BCUT2D eigenvalue weighted by Crippen LogP contribution is -2.21. The van der Waals surface area contributed by atoms with Crippen molar-refractivity contribution in [3.05, 3.63) is 169 Å². The molecule has 5 nitrogen and oxygen atoms in total. The number of hydrogen-bond acceptors (Lipinski definition) is 4. The Kier molecular flexibility index (Phi) is 13.4. The predicted molar refractivity (Wildman–Crippen MR) is 224 cm³/mol. The molecule has 54 heavy (non-hydrogen) atoms. The van der Waals surface area contributed by atoms with Crippen LogP contribution in [-0.4, -0.2) is 43.5 Å². The maximum absolute atomic E-state index is 10.7. The third kappa shape index (κ3) is 10.6. The van der Waals surface area contributed by atoms with Gasteiger partial charge in [0.1, 0.15) is 25.0 Å². The highest BCUT2D eigenvalue weighted by Gasteiger charge is 2.44. The molecule has 0 saturated carbocycles. The van der Waals surface area contributed by atoms with Gasteiger partial charge >= 0.3 is 15.6 Å². The van der Waals surface area contributed by atoms with Gasteiger partial charge in [-0.05, 0) is 83.9 Å². The largest absolute Gasteiger partial charge is 0.522 e. The lowest BCUT2D eigenvalue weighted by Gasteiger charge is -2.25. The molecule has 0 aliphatic carbocycles. The minimum atomic E-state index is -5.84. The predicted octanol–water partition coefficient (Wildman–Crippen LogP) is 11.7. The van der Waals surface area contributed by atoms with Gasteiger partial charge in [-0.15, -0.1) is 0 Å². The van der Waals surface area contributed by atoms with Gasteiger partial charge in [-0.25, -0.2) is 0 Å². The first kappa shape index (κ1) is 40.2. The lowest BCUT2D eigenvalue weighted by atomic mass is 10.1. The first-order valence-corrected chi connectivity index (χ1v) is 22.2. The van der Waals surface area contributed by atoms with Crippen molar-refractivity contribution in [3.63, 3.8) is 0 Å². The molecule has 0 aliphatic heterocycles. The molecule has 0 spiro atoms. The Morgan fingerprint density at radius 3 is 1.07 bits per heavy atom. The number of anilines is 6. The van der Waals surface area contributed by atoms with Crippen molar-refractivity contribution in [2.45, 2.75) is 15.3 Å². The molecule has 6 aromatic carbocycles. The number of para-hydroxylation sites is 2. The van der Waals surface area contributed by atoms with E-state index in [1.54, 1.807) is 0 Å². The van der Waals surface area contributed by atoms with E-state index >= 15 is 0 Å². The summed E-state index contributed by atoms with van der Waals surface area (Å²) in [6.07, 6.45) is 13.5. The van der Waals surface area contributed by atoms with Gasteiger partial charge in [-0.2, -0.15) is 21.6 Å². The first-order chi connectivity index (χ1) is 25.7. The second-order valence-electron chi connectivity index (χ2n) is 12.4. The number of benzene rings is 6. The summed E-state index contributed by atoms with van der Waals surface area (Å²) in [5, 5.41) is 0. The number of halogens is 3. The van der Waals surface area contributed by atoms with Crippen LogP contribution in [-0.2, 0) is 31.9 Å². The van der Waals surface area contributed by atoms with E-state index in [0.29, 0.717) is 0 Å². The van der Waals surface area contributed by atoms with Crippen molar-refractivity contribution in [2.24, 2.45) is 0 Å². The van der Waals surface area contributed by atoms with Crippen LogP contribution in [0, 0.1) is 0 Å². The highest BCUT2D eigenvalue weighted by Crippen LogP contribution is 2.37. The van der Waals surface area contributed by atoms with E-state index in [9.17, 15) is 13.2 Å². The van der Waals surface area contributed by atoms with Gasteiger partial charge < -0.3 is 9.80 Å². The maximum Gasteiger partial charge on any atom is 0.522 e. The van der Waals surface area contributed by atoms with Crippen LogP contribution in [0.25, 0.3) is 12.2 Å². The smallest absolute Gasteiger partial charge is 0.310 e. The Morgan fingerprint density at radius 1 is 0.481 bits per heavy atom. The lowest BCUT2D eigenvalue weighted by molar-refractivity contribution is -0.0510. The molecule has 6 rings (SSSR count). The molecule has 278 valence electrons. The fourth-order valence-electron chi connectivity index (χ4n) is 5.46. The van der Waals surface area contributed by atoms with Gasteiger partial charge in [0.25, 0.3) is 0 Å². The van der Waals surface area contributed by atoms with E-state index in [1.807, 2.05) is 0 Å². The van der Waals surface area contributed by atoms with Crippen molar-refractivity contribution in [2.75, 3.05) is 34.8 Å². The average Bonchev–Trinajstić information content (AvgIpc) is 3.16. The third-order valence-corrected chi connectivity index (χ3v) is 11.2. The summed E-state index contributed by atoms with van der Waals surface area (Å²) in [4.78, 5) is 7.39. The summed E-state index contributed by atoms with van der Waals surface area (Å²) < 4.78 is 57.5. The van der Waals surface area contributed by atoms with Gasteiger partial charge in [0.05, 0.1) is 11.4 Å². The molecule has 0 aliphatic rings. The van der Waals surface area contributed by atoms with E-state index in [1.165, 1.54) is 21.2 Å². The van der Waals surface area contributed by atoms with Crippen LogP contribution in [0.15, 0.2) is 168 Å².